The lowest BCUT2D eigenvalue weighted by Crippen LogP contribution is -2.32. The van der Waals surface area contributed by atoms with Crippen molar-refractivity contribution < 1.29 is 23.9 Å². The minimum atomic E-state index is -0.992. The first-order valence-corrected chi connectivity index (χ1v) is 11.3. The molecule has 35 heavy (non-hydrogen) atoms. The number of esters is 1. The Kier molecular flexibility index (Phi) is 9.23. The summed E-state index contributed by atoms with van der Waals surface area (Å²) in [6.45, 7) is 2.62. The van der Waals surface area contributed by atoms with E-state index in [0.717, 1.165) is 6.42 Å². The van der Waals surface area contributed by atoms with E-state index in [9.17, 15) is 14.4 Å². The zero-order valence-electron chi connectivity index (χ0n) is 18.6. The monoisotopic (exact) mass is 513 g/mol. The van der Waals surface area contributed by atoms with Gasteiger partial charge in [0.15, 0.2) is 0 Å². The fourth-order valence-corrected chi connectivity index (χ4v) is 3.04. The quantitative estimate of drug-likeness (QED) is 0.143. The van der Waals surface area contributed by atoms with Crippen molar-refractivity contribution in [1.29, 1.82) is 0 Å². The Morgan fingerprint density at radius 1 is 0.914 bits per heavy atom. The van der Waals surface area contributed by atoms with Gasteiger partial charge in [-0.25, -0.2) is 10.2 Å². The molecule has 0 unspecified atom stereocenters. The Balaban J connectivity index is 1.50. The van der Waals surface area contributed by atoms with Crippen molar-refractivity contribution >= 4 is 52.9 Å². The van der Waals surface area contributed by atoms with Gasteiger partial charge < -0.3 is 14.8 Å². The van der Waals surface area contributed by atoms with Crippen LogP contribution in [0.5, 0.6) is 11.5 Å². The molecule has 0 saturated carbocycles. The van der Waals surface area contributed by atoms with E-state index in [-0.39, 0.29) is 15.7 Å². The molecule has 180 valence electrons. The number of hydrogen-bond donors (Lipinski definition) is 2. The second-order valence-electron chi connectivity index (χ2n) is 7.09. The molecule has 0 bridgehead atoms. The summed E-state index contributed by atoms with van der Waals surface area (Å²) in [6, 6.07) is 17.7. The first kappa shape index (κ1) is 25.7. The van der Waals surface area contributed by atoms with E-state index in [0.29, 0.717) is 29.2 Å². The predicted molar refractivity (Wildman–Crippen MR) is 134 cm³/mol. The number of rotatable bonds is 8. The molecule has 10 heteroatoms. The summed E-state index contributed by atoms with van der Waals surface area (Å²) in [4.78, 5) is 36.2. The second-order valence-corrected chi connectivity index (χ2v) is 7.87. The molecular formula is C25H21Cl2N3O5. The molecule has 3 rings (SSSR count). The molecule has 0 radical (unpaired) electrons. The van der Waals surface area contributed by atoms with Crippen molar-refractivity contribution in [2.45, 2.75) is 13.3 Å². The van der Waals surface area contributed by atoms with Gasteiger partial charge in [-0.05, 0) is 72.6 Å². The van der Waals surface area contributed by atoms with Crippen LogP contribution in [-0.2, 0) is 9.59 Å². The summed E-state index contributed by atoms with van der Waals surface area (Å²) < 4.78 is 10.9. The fourth-order valence-electron chi connectivity index (χ4n) is 2.69. The van der Waals surface area contributed by atoms with Crippen LogP contribution >= 0.6 is 23.2 Å². The minimum Gasteiger partial charge on any atom is -0.494 e. The number of ether oxygens (including phenoxy) is 2. The summed E-state index contributed by atoms with van der Waals surface area (Å²) >= 11 is 11.9. The zero-order valence-corrected chi connectivity index (χ0v) is 20.1. The van der Waals surface area contributed by atoms with Crippen LogP contribution in [-0.4, -0.2) is 30.6 Å². The first-order valence-electron chi connectivity index (χ1n) is 10.5. The van der Waals surface area contributed by atoms with Gasteiger partial charge in [0, 0.05) is 0 Å². The molecule has 0 aromatic heterocycles. The van der Waals surface area contributed by atoms with Gasteiger partial charge in [0.2, 0.25) is 0 Å². The van der Waals surface area contributed by atoms with E-state index in [1.165, 1.54) is 12.3 Å². The van der Waals surface area contributed by atoms with Gasteiger partial charge in [-0.1, -0.05) is 36.2 Å². The number of hydrazone groups is 1. The number of halogens is 2. The Hall–Kier alpha value is -3.88. The van der Waals surface area contributed by atoms with Crippen LogP contribution in [0.2, 0.25) is 10.0 Å². The number of hydrogen-bond acceptors (Lipinski definition) is 6. The van der Waals surface area contributed by atoms with Gasteiger partial charge in [-0.15, -0.1) is 0 Å². The van der Waals surface area contributed by atoms with E-state index in [1.54, 1.807) is 60.7 Å². The standard InChI is InChI=1S/C25H21Cl2N3O5/c1-2-14-34-18-12-8-17(9-13-18)25(33)35-19-10-6-16(7-11-19)15-28-30-24(32)23(31)29-21-5-3-4-20(26)22(21)27/h3-13,15H,2,14H2,1H3,(H,29,31)(H,30,32)/b28-15-. The molecule has 0 fully saturated rings. The van der Waals surface area contributed by atoms with Crippen molar-refractivity contribution in [3.8, 4) is 11.5 Å². The molecular weight excluding hydrogens is 493 g/mol. The number of carbonyl (C=O) groups is 3. The maximum Gasteiger partial charge on any atom is 0.343 e. The Labute approximate surface area is 211 Å². The van der Waals surface area contributed by atoms with Gasteiger partial charge in [-0.3, -0.25) is 9.59 Å². The molecule has 2 amide bonds. The highest BCUT2D eigenvalue weighted by Gasteiger charge is 2.15. The third-order valence-corrected chi connectivity index (χ3v) is 5.26. The lowest BCUT2D eigenvalue weighted by atomic mass is 10.2. The normalized spacial score (nSPS) is 10.6. The highest BCUT2D eigenvalue weighted by molar-refractivity contribution is 6.45. The molecule has 0 spiro atoms. The summed E-state index contributed by atoms with van der Waals surface area (Å²) in [5.41, 5.74) is 3.31. The number of carbonyl (C=O) groups excluding carboxylic acids is 3. The van der Waals surface area contributed by atoms with Crippen LogP contribution in [0.15, 0.2) is 71.8 Å². The molecule has 3 aromatic rings. The zero-order chi connectivity index (χ0) is 25.2. The second kappa shape index (κ2) is 12.5. The third-order valence-electron chi connectivity index (χ3n) is 4.44. The fraction of sp³-hybridized carbons (Fsp3) is 0.120. The smallest absolute Gasteiger partial charge is 0.343 e. The van der Waals surface area contributed by atoms with Gasteiger partial charge in [0.05, 0.1) is 34.1 Å². The van der Waals surface area contributed by atoms with Crippen LogP contribution in [0.25, 0.3) is 0 Å². The first-order chi connectivity index (χ1) is 16.9. The van der Waals surface area contributed by atoms with Gasteiger partial charge in [0.25, 0.3) is 0 Å². The number of benzene rings is 3. The highest BCUT2D eigenvalue weighted by Crippen LogP contribution is 2.29. The maximum atomic E-state index is 12.3. The van der Waals surface area contributed by atoms with Crippen molar-refractivity contribution in [3.63, 3.8) is 0 Å². The third kappa shape index (κ3) is 7.56. The summed E-state index contributed by atoms with van der Waals surface area (Å²) in [5.74, 6) is -1.44. The molecule has 0 aliphatic heterocycles. The molecule has 2 N–H and O–H groups in total. The Bertz CT molecular complexity index is 1230. The summed E-state index contributed by atoms with van der Waals surface area (Å²) in [5, 5.41) is 6.47. The largest absolute Gasteiger partial charge is 0.494 e. The van der Waals surface area contributed by atoms with Gasteiger partial charge in [-0.2, -0.15) is 5.10 Å². The van der Waals surface area contributed by atoms with Gasteiger partial charge in [0.1, 0.15) is 11.5 Å². The molecule has 8 nitrogen and oxygen atoms in total. The van der Waals surface area contributed by atoms with E-state index in [1.807, 2.05) is 6.92 Å². The van der Waals surface area contributed by atoms with E-state index < -0.39 is 17.8 Å². The average Bonchev–Trinajstić information content (AvgIpc) is 2.86. The minimum absolute atomic E-state index is 0.123. The number of nitrogens with zero attached hydrogens (tertiary/aromatic N) is 1. The molecule has 0 heterocycles. The number of nitrogens with one attached hydrogen (secondary N) is 2. The Morgan fingerprint density at radius 2 is 1.60 bits per heavy atom. The van der Waals surface area contributed by atoms with E-state index in [2.05, 4.69) is 15.8 Å². The van der Waals surface area contributed by atoms with Crippen LogP contribution in [0.3, 0.4) is 0 Å². The average molecular weight is 514 g/mol. The van der Waals surface area contributed by atoms with Crippen LogP contribution in [0, 0.1) is 0 Å². The molecule has 0 atom stereocenters. The number of anilines is 1. The van der Waals surface area contributed by atoms with Crippen LogP contribution in [0.1, 0.15) is 29.3 Å². The molecule has 0 saturated heterocycles. The summed E-state index contributed by atoms with van der Waals surface area (Å²) in [6.07, 6.45) is 2.23. The maximum absolute atomic E-state index is 12.3. The SMILES string of the molecule is CCCOc1ccc(C(=O)Oc2ccc(/C=N\NC(=O)C(=O)Nc3cccc(Cl)c3Cl)cc2)cc1. The lowest BCUT2D eigenvalue weighted by Gasteiger charge is -2.07. The van der Waals surface area contributed by atoms with Crippen molar-refractivity contribution in [3.05, 3.63) is 87.9 Å². The Morgan fingerprint density at radius 3 is 2.29 bits per heavy atom. The van der Waals surface area contributed by atoms with Crippen LogP contribution < -0.4 is 20.2 Å². The van der Waals surface area contributed by atoms with Crippen molar-refractivity contribution in [1.82, 2.24) is 5.43 Å². The van der Waals surface area contributed by atoms with Crippen molar-refractivity contribution in [2.24, 2.45) is 5.10 Å². The molecule has 0 aliphatic carbocycles. The lowest BCUT2D eigenvalue weighted by molar-refractivity contribution is -0.136. The van der Waals surface area contributed by atoms with Gasteiger partial charge >= 0.3 is 17.8 Å². The van der Waals surface area contributed by atoms with E-state index >= 15 is 0 Å². The highest BCUT2D eigenvalue weighted by atomic mass is 35.5. The molecule has 0 aliphatic rings. The van der Waals surface area contributed by atoms with Crippen LogP contribution in [0.4, 0.5) is 5.69 Å². The predicted octanol–water partition coefficient (Wildman–Crippen LogP) is 5.09. The van der Waals surface area contributed by atoms with E-state index in [4.69, 9.17) is 32.7 Å². The molecule has 3 aromatic carbocycles. The van der Waals surface area contributed by atoms with Crippen molar-refractivity contribution in [2.75, 3.05) is 11.9 Å². The topological polar surface area (TPSA) is 106 Å². The number of amides is 2. The summed E-state index contributed by atoms with van der Waals surface area (Å²) in [7, 11) is 0.